The summed E-state index contributed by atoms with van der Waals surface area (Å²) in [6.07, 6.45) is 2.57. The van der Waals surface area contributed by atoms with Crippen molar-refractivity contribution in [3.63, 3.8) is 0 Å². The van der Waals surface area contributed by atoms with E-state index in [9.17, 15) is 40.4 Å². The molecule has 0 bridgehead atoms. The number of allylic oxidation sites excluding steroid dienone is 5. The van der Waals surface area contributed by atoms with Gasteiger partial charge in [-0.15, -0.1) is 0 Å². The van der Waals surface area contributed by atoms with Gasteiger partial charge in [-0.3, -0.25) is 4.79 Å². The first-order valence-corrected chi connectivity index (χ1v) is 24.6. The number of nitrogens with two attached hydrogens (primary N) is 1. The Hall–Kier alpha value is -6.26. The summed E-state index contributed by atoms with van der Waals surface area (Å²) >= 11 is 0. The lowest BCUT2D eigenvalue weighted by Gasteiger charge is -2.60. The summed E-state index contributed by atoms with van der Waals surface area (Å²) in [5, 5.41) is 65.3. The molecule has 7 rings (SSSR count). The zero-order valence-electron chi connectivity index (χ0n) is 43.3. The Morgan fingerprint density at radius 2 is 1.63 bits per heavy atom. The Morgan fingerprint density at radius 1 is 0.959 bits per heavy atom. The lowest BCUT2D eigenvalue weighted by molar-refractivity contribution is -0.277. The van der Waals surface area contributed by atoms with Crippen LogP contribution in [0, 0.1) is 35.0 Å². The molecule has 5 aliphatic rings. The molecule has 392 valence electrons. The Balaban J connectivity index is 1.50. The number of carbonyl (C=O) groups excluding carboxylic acids is 3. The van der Waals surface area contributed by atoms with Crippen LogP contribution < -0.4 is 24.7 Å². The monoisotopic (exact) mass is 1010 g/mol. The second-order valence-corrected chi connectivity index (χ2v) is 20.7. The highest BCUT2D eigenvalue weighted by Crippen LogP contribution is 2.65. The maximum atomic E-state index is 15.3. The first-order valence-electron chi connectivity index (χ1n) is 24.6. The van der Waals surface area contributed by atoms with E-state index in [1.807, 2.05) is 73.6 Å². The smallest absolute Gasteiger partial charge is 0.343 e. The van der Waals surface area contributed by atoms with Crippen LogP contribution in [0.15, 0.2) is 82.3 Å². The fraction of sp³-hybridized carbons (Fsp3) is 0.500. The number of benzene rings is 2. The molecule has 4 heterocycles. The van der Waals surface area contributed by atoms with Crippen molar-refractivity contribution >= 4 is 29.6 Å². The number of esters is 2. The summed E-state index contributed by atoms with van der Waals surface area (Å²) in [6, 6.07) is 7.79. The normalized spacial score (nSPS) is 29.6. The number of hydrogen-bond acceptors (Lipinski definition) is 17. The highest BCUT2D eigenvalue weighted by molar-refractivity contribution is 6.00. The first-order chi connectivity index (χ1) is 34.4. The molecule has 17 heteroatoms. The molecule has 0 radical (unpaired) electrons. The predicted molar refractivity (Wildman–Crippen MR) is 267 cm³/mol. The van der Waals surface area contributed by atoms with Crippen LogP contribution in [0.4, 0.5) is 0 Å². The second-order valence-electron chi connectivity index (χ2n) is 20.7. The molecule has 0 spiro atoms. The molecule has 1 aliphatic carbocycles. The molecule has 0 aromatic heterocycles. The Morgan fingerprint density at radius 3 is 2.23 bits per heavy atom. The number of aliphatic hydroxyl groups excluding tert-OH is 4. The summed E-state index contributed by atoms with van der Waals surface area (Å²) < 4.78 is 44.2. The van der Waals surface area contributed by atoms with Gasteiger partial charge in [-0.2, -0.15) is 5.26 Å². The number of ketones is 1. The third-order valence-electron chi connectivity index (χ3n) is 14.9. The van der Waals surface area contributed by atoms with Crippen LogP contribution in [0.25, 0.3) is 11.8 Å². The second kappa shape index (κ2) is 20.9. The highest BCUT2D eigenvalue weighted by Gasteiger charge is 2.72. The quantitative estimate of drug-likeness (QED) is 0.0485. The van der Waals surface area contributed by atoms with Crippen LogP contribution in [0.2, 0.25) is 0 Å². The number of fused-ring (bicyclic) bond motifs is 3. The number of ether oxygens (including phenoxy) is 7. The van der Waals surface area contributed by atoms with Crippen LogP contribution >= 0.6 is 0 Å². The van der Waals surface area contributed by atoms with E-state index in [2.05, 4.69) is 12.1 Å². The molecule has 1 saturated carbocycles. The highest BCUT2D eigenvalue weighted by atomic mass is 16.7. The summed E-state index contributed by atoms with van der Waals surface area (Å²) in [5.74, 6) is -5.33. The molecule has 1 saturated heterocycles. The van der Waals surface area contributed by atoms with Gasteiger partial charge in [-0.1, -0.05) is 57.1 Å². The van der Waals surface area contributed by atoms with E-state index < -0.39 is 96.0 Å². The van der Waals surface area contributed by atoms with Crippen molar-refractivity contribution in [3.8, 4) is 29.1 Å². The van der Waals surface area contributed by atoms with Crippen molar-refractivity contribution in [3.05, 3.63) is 105 Å². The summed E-state index contributed by atoms with van der Waals surface area (Å²) in [7, 11) is 1.23. The molecule has 11 atom stereocenters. The van der Waals surface area contributed by atoms with Gasteiger partial charge in [-0.25, -0.2) is 9.59 Å². The van der Waals surface area contributed by atoms with E-state index in [1.165, 1.54) is 44.4 Å². The number of methoxy groups -OCH3 is 1. The van der Waals surface area contributed by atoms with Crippen molar-refractivity contribution in [2.45, 2.75) is 142 Å². The molecule has 4 aliphatic heterocycles. The van der Waals surface area contributed by atoms with Gasteiger partial charge in [0.15, 0.2) is 22.7 Å². The fourth-order valence-corrected chi connectivity index (χ4v) is 10.5. The van der Waals surface area contributed by atoms with Gasteiger partial charge < -0.3 is 64.4 Å². The van der Waals surface area contributed by atoms with Gasteiger partial charge >= 0.3 is 11.9 Å². The zero-order chi connectivity index (χ0) is 53.6. The molecule has 0 amide bonds. The van der Waals surface area contributed by atoms with E-state index >= 15 is 4.79 Å². The lowest BCUT2D eigenvalue weighted by Crippen LogP contribution is -2.74. The Kier molecular flexibility index (Phi) is 15.6. The average Bonchev–Trinajstić information content (AvgIpc) is 3.35. The van der Waals surface area contributed by atoms with Crippen LogP contribution in [0.1, 0.15) is 116 Å². The minimum atomic E-state index is -2.43. The number of carbonyl (C=O) groups is 3. The van der Waals surface area contributed by atoms with Gasteiger partial charge in [0, 0.05) is 40.9 Å². The first kappa shape index (κ1) is 54.5. The topological polar surface area (TPSA) is 267 Å². The van der Waals surface area contributed by atoms with Gasteiger partial charge in [0.25, 0.3) is 0 Å². The SMILES string of the molecule is COC(=O)/C(C)=C\CC1(O)C(=O)C(C)C2C(C#N)=C(N)OC3=C2C1(C(C)C(C)C)Oc1c(CC=C(C)C)c2c(c(OC(=O)c4ccc(O[C@@H]5O[C@H](CO)[C@@H](O)[C@H](O)[C@H]5O)cc4)c13)C=CC(C)(CCC=C(C)C)O2. The number of rotatable bonds is 15. The minimum absolute atomic E-state index is 0.0133. The van der Waals surface area contributed by atoms with Crippen LogP contribution in [0.3, 0.4) is 0 Å². The maximum absolute atomic E-state index is 15.3. The summed E-state index contributed by atoms with van der Waals surface area (Å²) in [4.78, 5) is 42.9. The standard InChI is InChI=1S/C56H68N2O15/c1-27(2)13-12-22-54(10)23-21-36-45(72-54)35(19-14-28(3)4)47-40(46(36)71-52(65)33-15-17-34(18-16-33)68-53-44(62)43(61)42(60)38(26-59)69-53)48-41-39(37(25-57)50(58)70-48)31(8)49(63)55(66,24-20-30(7)51(64)67-11)56(41,73-47)32(9)29(5)6/h13-18,20-21,23,29,31-32,38-39,42-44,53,59-62,66H,12,19,22,24,26,58H2,1-11H3/b30-20-/t31?,32?,38-,39?,42-,43+,44-,53-,54?,55?,56?/m1/s1. The van der Waals surface area contributed by atoms with E-state index in [0.29, 0.717) is 29.7 Å². The molecular formula is C56H68N2O15. The fourth-order valence-electron chi connectivity index (χ4n) is 10.5. The molecule has 6 unspecified atom stereocenters. The van der Waals surface area contributed by atoms with Gasteiger partial charge in [0.1, 0.15) is 64.7 Å². The number of Topliss-reactive ketones (excluding diaryl/α,β-unsaturated/α-hetero) is 1. The molecule has 7 N–H and O–H groups in total. The van der Waals surface area contributed by atoms with E-state index in [0.717, 1.165) is 11.1 Å². The van der Waals surface area contributed by atoms with Crippen molar-refractivity contribution < 1.29 is 73.1 Å². The number of nitrogens with zero attached hydrogens (tertiary/aromatic N) is 1. The minimum Gasteiger partial charge on any atom is -0.482 e. The predicted octanol–water partition coefficient (Wildman–Crippen LogP) is 6.44. The molecule has 2 fully saturated rings. The van der Waals surface area contributed by atoms with Crippen molar-refractivity contribution in [2.24, 2.45) is 29.4 Å². The molecule has 73 heavy (non-hydrogen) atoms. The van der Waals surface area contributed by atoms with Crippen LogP contribution in [-0.4, -0.2) is 104 Å². The third kappa shape index (κ3) is 9.61. The van der Waals surface area contributed by atoms with Crippen molar-refractivity contribution in [1.29, 1.82) is 5.26 Å². The molecular weight excluding hydrogens is 941 g/mol. The van der Waals surface area contributed by atoms with E-state index in [-0.39, 0.29) is 69.1 Å². The largest absolute Gasteiger partial charge is 0.482 e. The van der Waals surface area contributed by atoms with Crippen LogP contribution in [-0.2, 0) is 30.2 Å². The van der Waals surface area contributed by atoms with Crippen molar-refractivity contribution in [1.82, 2.24) is 0 Å². The zero-order valence-corrected chi connectivity index (χ0v) is 43.3. The van der Waals surface area contributed by atoms with Crippen molar-refractivity contribution in [2.75, 3.05) is 13.7 Å². The van der Waals surface area contributed by atoms with Gasteiger partial charge in [-0.05, 0) is 103 Å². The maximum Gasteiger partial charge on any atom is 0.343 e. The Bertz CT molecular complexity index is 2770. The molecule has 2 aromatic rings. The van der Waals surface area contributed by atoms with E-state index in [1.54, 1.807) is 6.92 Å². The number of hydrogen-bond donors (Lipinski definition) is 6. The number of aliphatic hydroxyl groups is 5. The average molecular weight is 1010 g/mol. The van der Waals surface area contributed by atoms with Gasteiger partial charge in [0.05, 0.1) is 30.4 Å². The Labute approximate surface area is 425 Å². The molecule has 17 nitrogen and oxygen atoms in total. The van der Waals surface area contributed by atoms with Gasteiger partial charge in [0.2, 0.25) is 12.2 Å². The number of nitriles is 1. The third-order valence-corrected chi connectivity index (χ3v) is 14.9. The lowest BCUT2D eigenvalue weighted by atomic mass is 9.51. The summed E-state index contributed by atoms with van der Waals surface area (Å²) in [5.41, 5.74) is 4.69. The molecule has 2 aromatic carbocycles. The van der Waals surface area contributed by atoms with Crippen LogP contribution in [0.5, 0.6) is 23.0 Å². The summed E-state index contributed by atoms with van der Waals surface area (Å²) in [6.45, 7) is 18.0. The van der Waals surface area contributed by atoms with E-state index in [4.69, 9.17) is 38.9 Å².